The van der Waals surface area contributed by atoms with E-state index in [0.29, 0.717) is 37.5 Å². The lowest BCUT2D eigenvalue weighted by Crippen LogP contribution is -2.53. The van der Waals surface area contributed by atoms with Gasteiger partial charge in [0.05, 0.1) is 5.69 Å². The number of benzene rings is 1. The molecule has 0 atom stereocenters. The molecule has 7 heteroatoms. The highest BCUT2D eigenvalue weighted by Gasteiger charge is 2.33. The van der Waals surface area contributed by atoms with E-state index in [9.17, 15) is 9.59 Å². The van der Waals surface area contributed by atoms with Crippen molar-refractivity contribution in [2.24, 2.45) is 0 Å². The second-order valence-electron chi connectivity index (χ2n) is 5.30. The van der Waals surface area contributed by atoms with Crippen LogP contribution in [0.3, 0.4) is 0 Å². The Labute approximate surface area is 127 Å². The standard InChI is InChI=1S/C14H16ClN3O3/c15-10-1-2-12-9(7-10)8-16-13(19)18(12)11-3-5-17(6-4-11)14(20)21/h1-2,7,11H,3-6,8H2,(H,16,19)(H,20,21). The fraction of sp³-hybridized carbons (Fsp3) is 0.429. The van der Waals surface area contributed by atoms with Gasteiger partial charge in [-0.05, 0) is 36.6 Å². The number of nitrogens with zero attached hydrogens (tertiary/aromatic N) is 2. The summed E-state index contributed by atoms with van der Waals surface area (Å²) >= 11 is 6.00. The molecule has 3 amide bonds. The van der Waals surface area contributed by atoms with Crippen LogP contribution in [0.25, 0.3) is 0 Å². The van der Waals surface area contributed by atoms with Crippen LogP contribution in [0.4, 0.5) is 15.3 Å². The van der Waals surface area contributed by atoms with Gasteiger partial charge < -0.3 is 15.3 Å². The number of likely N-dealkylation sites (tertiary alicyclic amines) is 1. The Kier molecular flexibility index (Phi) is 3.63. The summed E-state index contributed by atoms with van der Waals surface area (Å²) in [6, 6.07) is 5.38. The van der Waals surface area contributed by atoms with Gasteiger partial charge in [0.15, 0.2) is 0 Å². The van der Waals surface area contributed by atoms with Crippen LogP contribution >= 0.6 is 11.6 Å². The molecular weight excluding hydrogens is 294 g/mol. The maximum absolute atomic E-state index is 12.2. The molecule has 1 saturated heterocycles. The van der Waals surface area contributed by atoms with Gasteiger partial charge in [-0.15, -0.1) is 0 Å². The molecule has 1 aromatic rings. The molecular formula is C14H16ClN3O3. The Balaban J connectivity index is 1.83. The maximum Gasteiger partial charge on any atom is 0.407 e. The van der Waals surface area contributed by atoms with Crippen molar-refractivity contribution in [2.75, 3.05) is 18.0 Å². The number of anilines is 1. The van der Waals surface area contributed by atoms with Crippen molar-refractivity contribution >= 4 is 29.4 Å². The molecule has 0 spiro atoms. The predicted octanol–water partition coefficient (Wildman–Crippen LogP) is 2.51. The van der Waals surface area contributed by atoms with Crippen LogP contribution in [0.15, 0.2) is 18.2 Å². The Morgan fingerprint density at radius 3 is 2.71 bits per heavy atom. The smallest absolute Gasteiger partial charge is 0.407 e. The van der Waals surface area contributed by atoms with E-state index in [1.165, 1.54) is 4.90 Å². The zero-order chi connectivity index (χ0) is 15.0. The van der Waals surface area contributed by atoms with Gasteiger partial charge in [-0.3, -0.25) is 4.90 Å². The lowest BCUT2D eigenvalue weighted by molar-refractivity contribution is 0.132. The van der Waals surface area contributed by atoms with Gasteiger partial charge in [0.1, 0.15) is 0 Å². The summed E-state index contributed by atoms with van der Waals surface area (Å²) in [5, 5.41) is 12.5. The topological polar surface area (TPSA) is 72.9 Å². The first-order chi connectivity index (χ1) is 10.1. The Bertz CT molecular complexity index is 585. The number of hydrogen-bond donors (Lipinski definition) is 2. The summed E-state index contributed by atoms with van der Waals surface area (Å²) in [4.78, 5) is 26.3. The highest BCUT2D eigenvalue weighted by molar-refractivity contribution is 6.30. The molecule has 2 aliphatic heterocycles. The second-order valence-corrected chi connectivity index (χ2v) is 5.74. The Hall–Kier alpha value is -1.95. The molecule has 6 nitrogen and oxygen atoms in total. The van der Waals surface area contributed by atoms with E-state index < -0.39 is 6.09 Å². The number of carbonyl (C=O) groups excluding carboxylic acids is 1. The summed E-state index contributed by atoms with van der Waals surface area (Å²) in [6.07, 6.45) is 0.382. The monoisotopic (exact) mass is 309 g/mol. The Morgan fingerprint density at radius 1 is 1.33 bits per heavy atom. The van der Waals surface area contributed by atoms with Crippen LogP contribution < -0.4 is 10.2 Å². The largest absolute Gasteiger partial charge is 0.465 e. The van der Waals surface area contributed by atoms with Gasteiger partial charge in [0, 0.05) is 30.7 Å². The van der Waals surface area contributed by atoms with Crippen molar-refractivity contribution in [3.05, 3.63) is 28.8 Å². The van der Waals surface area contributed by atoms with Crippen molar-refractivity contribution in [1.29, 1.82) is 0 Å². The van der Waals surface area contributed by atoms with Gasteiger partial charge in [-0.2, -0.15) is 0 Å². The third-order valence-corrected chi connectivity index (χ3v) is 4.29. The van der Waals surface area contributed by atoms with E-state index in [1.807, 2.05) is 12.1 Å². The van der Waals surface area contributed by atoms with Crippen molar-refractivity contribution in [3.8, 4) is 0 Å². The summed E-state index contributed by atoms with van der Waals surface area (Å²) < 4.78 is 0. The number of nitrogens with one attached hydrogen (secondary N) is 1. The van der Waals surface area contributed by atoms with Crippen LogP contribution in [0.5, 0.6) is 0 Å². The van der Waals surface area contributed by atoms with Crippen LogP contribution in [0, 0.1) is 0 Å². The molecule has 1 aromatic carbocycles. The minimum absolute atomic E-state index is 0.0147. The van der Waals surface area contributed by atoms with E-state index in [-0.39, 0.29) is 12.1 Å². The molecule has 112 valence electrons. The summed E-state index contributed by atoms with van der Waals surface area (Å²) in [6.45, 7) is 1.37. The number of rotatable bonds is 1. The summed E-state index contributed by atoms with van der Waals surface area (Å²) in [5.74, 6) is 0. The van der Waals surface area contributed by atoms with Gasteiger partial charge in [0.2, 0.25) is 0 Å². The maximum atomic E-state index is 12.2. The highest BCUT2D eigenvalue weighted by Crippen LogP contribution is 2.31. The van der Waals surface area contributed by atoms with Crippen molar-refractivity contribution in [3.63, 3.8) is 0 Å². The SMILES string of the molecule is O=C(O)N1CCC(N2C(=O)NCc3cc(Cl)ccc32)CC1. The first kappa shape index (κ1) is 14.0. The number of halogens is 1. The van der Waals surface area contributed by atoms with E-state index >= 15 is 0 Å². The molecule has 0 aromatic heterocycles. The molecule has 0 radical (unpaired) electrons. The lowest BCUT2D eigenvalue weighted by Gasteiger charge is -2.40. The van der Waals surface area contributed by atoms with E-state index in [4.69, 9.17) is 16.7 Å². The van der Waals surface area contributed by atoms with Crippen LogP contribution in [-0.4, -0.2) is 41.3 Å². The molecule has 0 bridgehead atoms. The third kappa shape index (κ3) is 2.63. The normalized spacial score (nSPS) is 19.2. The Morgan fingerprint density at radius 2 is 2.05 bits per heavy atom. The molecule has 3 rings (SSSR count). The van der Waals surface area contributed by atoms with Crippen molar-refractivity contribution < 1.29 is 14.7 Å². The summed E-state index contributed by atoms with van der Waals surface area (Å²) in [7, 11) is 0. The molecule has 2 aliphatic rings. The van der Waals surface area contributed by atoms with E-state index in [2.05, 4.69) is 5.32 Å². The van der Waals surface area contributed by atoms with Gasteiger partial charge >= 0.3 is 12.1 Å². The quantitative estimate of drug-likeness (QED) is 0.837. The molecule has 21 heavy (non-hydrogen) atoms. The fourth-order valence-corrected chi connectivity index (χ4v) is 3.17. The highest BCUT2D eigenvalue weighted by atomic mass is 35.5. The molecule has 2 heterocycles. The van der Waals surface area contributed by atoms with Gasteiger partial charge in [-0.1, -0.05) is 11.6 Å². The molecule has 1 fully saturated rings. The molecule has 0 unspecified atom stereocenters. The third-order valence-electron chi connectivity index (χ3n) is 4.05. The average Bonchev–Trinajstić information content (AvgIpc) is 2.47. The molecule has 0 aliphatic carbocycles. The lowest BCUT2D eigenvalue weighted by atomic mass is 10.0. The first-order valence-corrected chi connectivity index (χ1v) is 7.27. The fourth-order valence-electron chi connectivity index (χ4n) is 2.97. The number of carbonyl (C=O) groups is 2. The van der Waals surface area contributed by atoms with Gasteiger partial charge in [0.25, 0.3) is 0 Å². The first-order valence-electron chi connectivity index (χ1n) is 6.89. The number of urea groups is 1. The van der Waals surface area contributed by atoms with Crippen molar-refractivity contribution in [1.82, 2.24) is 10.2 Å². The zero-order valence-corrected chi connectivity index (χ0v) is 12.1. The number of piperidine rings is 1. The average molecular weight is 310 g/mol. The minimum Gasteiger partial charge on any atom is -0.465 e. The molecule has 2 N–H and O–H groups in total. The zero-order valence-electron chi connectivity index (χ0n) is 11.4. The number of hydrogen-bond acceptors (Lipinski definition) is 2. The van der Waals surface area contributed by atoms with Crippen molar-refractivity contribution in [2.45, 2.75) is 25.4 Å². The van der Waals surface area contributed by atoms with E-state index in [1.54, 1.807) is 11.0 Å². The molecule has 0 saturated carbocycles. The van der Waals surface area contributed by atoms with Crippen LogP contribution in [-0.2, 0) is 6.54 Å². The number of carboxylic acid groups (broad SMARTS) is 1. The van der Waals surface area contributed by atoms with Gasteiger partial charge in [-0.25, -0.2) is 9.59 Å². The van der Waals surface area contributed by atoms with E-state index in [0.717, 1.165) is 11.3 Å². The summed E-state index contributed by atoms with van der Waals surface area (Å²) in [5.41, 5.74) is 1.86. The van der Waals surface area contributed by atoms with Crippen LogP contribution in [0.1, 0.15) is 18.4 Å². The second kappa shape index (κ2) is 5.44. The minimum atomic E-state index is -0.899. The predicted molar refractivity (Wildman–Crippen MR) is 78.8 cm³/mol. The van der Waals surface area contributed by atoms with Crippen LogP contribution in [0.2, 0.25) is 5.02 Å². The number of fused-ring (bicyclic) bond motifs is 1. The number of amides is 3.